The van der Waals surface area contributed by atoms with Gasteiger partial charge in [-0.2, -0.15) is 4.89 Å². The van der Waals surface area contributed by atoms with Gasteiger partial charge < -0.3 is 4.89 Å². The molecular weight excluding hydrogens is 262 g/mol. The summed E-state index contributed by atoms with van der Waals surface area (Å²) in [6, 6.07) is 6.71. The fourth-order valence-electron chi connectivity index (χ4n) is 2.11. The third kappa shape index (κ3) is 4.01. The molecule has 1 aromatic rings. The van der Waals surface area contributed by atoms with Gasteiger partial charge in [0.1, 0.15) is 0 Å². The molecule has 0 atom stereocenters. The molecule has 0 aliphatic carbocycles. The second kappa shape index (κ2) is 6.97. The van der Waals surface area contributed by atoms with Crippen molar-refractivity contribution in [3.63, 3.8) is 0 Å². The van der Waals surface area contributed by atoms with Crippen LogP contribution in [0.3, 0.4) is 0 Å². The van der Waals surface area contributed by atoms with E-state index in [0.717, 1.165) is 18.7 Å². The van der Waals surface area contributed by atoms with Crippen LogP contribution in [0.15, 0.2) is 29.3 Å². The van der Waals surface area contributed by atoms with Crippen molar-refractivity contribution in [2.45, 2.75) is 13.0 Å². The smallest absolute Gasteiger partial charge is 0.269 e. The summed E-state index contributed by atoms with van der Waals surface area (Å²) in [5.41, 5.74) is 1.05. The van der Waals surface area contributed by atoms with E-state index < -0.39 is 0 Å². The van der Waals surface area contributed by atoms with Gasteiger partial charge in [0.25, 0.3) is 5.69 Å². The molecule has 0 N–H and O–H groups in total. The molecule has 0 spiro atoms. The number of nitrogens with zero attached hydrogens (tertiary/aromatic N) is 3. The summed E-state index contributed by atoms with van der Waals surface area (Å²) in [5, 5.41) is 10.8. The number of benzene rings is 1. The van der Waals surface area contributed by atoms with Crippen molar-refractivity contribution in [3.05, 3.63) is 39.9 Å². The lowest BCUT2D eigenvalue weighted by molar-refractivity contribution is -0.384. The fraction of sp³-hybridized carbons (Fsp3) is 0.462. The van der Waals surface area contributed by atoms with Crippen molar-refractivity contribution in [1.82, 2.24) is 4.90 Å². The van der Waals surface area contributed by atoms with Crippen molar-refractivity contribution in [3.8, 4) is 0 Å². The lowest BCUT2D eigenvalue weighted by Gasteiger charge is -2.19. The highest BCUT2D eigenvalue weighted by atomic mass is 17.2. The maximum absolute atomic E-state index is 10.8. The Kier molecular flexibility index (Phi) is 5.03. The summed E-state index contributed by atoms with van der Waals surface area (Å²) in [6.45, 7) is 2.87. The van der Waals surface area contributed by atoms with Crippen LogP contribution in [0.2, 0.25) is 0 Å². The van der Waals surface area contributed by atoms with Crippen molar-refractivity contribution >= 4 is 11.6 Å². The maximum Gasteiger partial charge on any atom is 0.269 e. The van der Waals surface area contributed by atoms with Crippen LogP contribution in [0.4, 0.5) is 5.69 Å². The van der Waals surface area contributed by atoms with Crippen LogP contribution in [0.5, 0.6) is 0 Å². The quantitative estimate of drug-likeness (QED) is 0.477. The Morgan fingerprint density at radius 1 is 1.45 bits per heavy atom. The first-order valence-electron chi connectivity index (χ1n) is 6.38. The number of hydrogen-bond donors (Lipinski definition) is 0. The average Bonchev–Trinajstić information content (AvgIpc) is 2.65. The number of nitro groups is 1. The van der Waals surface area contributed by atoms with Gasteiger partial charge in [-0.05, 0) is 5.56 Å². The third-order valence-corrected chi connectivity index (χ3v) is 3.05. The second-order valence-corrected chi connectivity index (χ2v) is 4.48. The van der Waals surface area contributed by atoms with Crippen molar-refractivity contribution < 1.29 is 14.7 Å². The normalized spacial score (nSPS) is 16.4. The predicted molar refractivity (Wildman–Crippen MR) is 73.4 cm³/mol. The molecule has 0 saturated heterocycles. The molecule has 1 heterocycles. The summed E-state index contributed by atoms with van der Waals surface area (Å²) in [6.07, 6.45) is 0.669. The number of non-ortho nitro benzene ring substituents is 1. The summed E-state index contributed by atoms with van der Waals surface area (Å²) in [5.74, 6) is 0.592. The molecule has 20 heavy (non-hydrogen) atoms. The van der Waals surface area contributed by atoms with Gasteiger partial charge in [0.15, 0.2) is 0 Å². The highest BCUT2D eigenvalue weighted by Crippen LogP contribution is 2.15. The number of hydrogen-bond acceptors (Lipinski definition) is 6. The van der Waals surface area contributed by atoms with Crippen molar-refractivity contribution in [2.75, 3.05) is 26.7 Å². The van der Waals surface area contributed by atoms with Crippen molar-refractivity contribution in [1.29, 1.82) is 0 Å². The Balaban J connectivity index is 1.94. The molecule has 1 aliphatic rings. The number of aliphatic imine (C=N–C) groups is 1. The van der Waals surface area contributed by atoms with Crippen LogP contribution >= 0.6 is 0 Å². The summed E-state index contributed by atoms with van der Waals surface area (Å²) in [4.78, 5) is 26.4. The molecule has 7 heteroatoms. The Bertz CT molecular complexity index is 504. The standard InChI is InChI=1S/C13H17N3O4/c1-19-20-13-5-7-15(8-6-14-13)10-11-3-2-4-12(9-11)16(17)18/h2-4,9H,5-8,10H2,1H3. The molecule has 1 aliphatic heterocycles. The van der Waals surface area contributed by atoms with Crippen LogP contribution < -0.4 is 0 Å². The minimum atomic E-state index is -0.375. The molecule has 0 amide bonds. The first-order valence-corrected chi connectivity index (χ1v) is 6.38. The van der Waals surface area contributed by atoms with E-state index in [-0.39, 0.29) is 10.6 Å². The van der Waals surface area contributed by atoms with Crippen LogP contribution in [-0.4, -0.2) is 42.5 Å². The molecule has 0 bridgehead atoms. The zero-order chi connectivity index (χ0) is 14.4. The van der Waals surface area contributed by atoms with E-state index in [1.165, 1.54) is 13.2 Å². The van der Waals surface area contributed by atoms with E-state index in [1.807, 2.05) is 6.07 Å². The van der Waals surface area contributed by atoms with Gasteiger partial charge in [0, 0.05) is 38.2 Å². The van der Waals surface area contributed by atoms with Gasteiger partial charge in [-0.1, -0.05) is 12.1 Å². The average molecular weight is 279 g/mol. The molecule has 0 unspecified atom stereocenters. The SMILES string of the molecule is COOC1=NCCN(Cc2cccc([N+](=O)[O-])c2)CC1. The molecule has 0 saturated carbocycles. The number of rotatable bonds is 4. The summed E-state index contributed by atoms with van der Waals surface area (Å²) < 4.78 is 0. The lowest BCUT2D eigenvalue weighted by atomic mass is 10.2. The van der Waals surface area contributed by atoms with E-state index in [9.17, 15) is 10.1 Å². The minimum Gasteiger partial charge on any atom is -0.322 e. The fourth-order valence-corrected chi connectivity index (χ4v) is 2.11. The van der Waals surface area contributed by atoms with Gasteiger partial charge in [0.05, 0.1) is 18.6 Å². The van der Waals surface area contributed by atoms with E-state index >= 15 is 0 Å². The van der Waals surface area contributed by atoms with Gasteiger partial charge >= 0.3 is 0 Å². The van der Waals surface area contributed by atoms with E-state index in [1.54, 1.807) is 12.1 Å². The second-order valence-electron chi connectivity index (χ2n) is 4.48. The van der Waals surface area contributed by atoms with E-state index in [2.05, 4.69) is 14.8 Å². The Hall–Kier alpha value is -1.99. The van der Waals surface area contributed by atoms with Gasteiger partial charge in [-0.15, -0.1) is 0 Å². The van der Waals surface area contributed by atoms with Crippen LogP contribution in [0, 0.1) is 10.1 Å². The summed E-state index contributed by atoms with van der Waals surface area (Å²) in [7, 11) is 1.45. The Morgan fingerprint density at radius 3 is 3.05 bits per heavy atom. The van der Waals surface area contributed by atoms with E-state index in [4.69, 9.17) is 4.89 Å². The third-order valence-electron chi connectivity index (χ3n) is 3.05. The van der Waals surface area contributed by atoms with Gasteiger partial charge in [-0.25, -0.2) is 0 Å². The van der Waals surface area contributed by atoms with Crippen molar-refractivity contribution in [2.24, 2.45) is 4.99 Å². The first-order chi connectivity index (χ1) is 9.69. The van der Waals surface area contributed by atoms with Crippen LogP contribution in [-0.2, 0) is 16.3 Å². The maximum atomic E-state index is 10.8. The monoisotopic (exact) mass is 279 g/mol. The molecule has 0 aromatic heterocycles. The zero-order valence-corrected chi connectivity index (χ0v) is 11.3. The number of nitro benzene ring substituents is 1. The Labute approximate surface area is 116 Å². The molecule has 1 aromatic carbocycles. The predicted octanol–water partition coefficient (Wildman–Crippen LogP) is 1.78. The van der Waals surface area contributed by atoms with Gasteiger partial charge in [0.2, 0.25) is 5.90 Å². The molecule has 7 nitrogen and oxygen atoms in total. The molecular formula is C13H17N3O4. The highest BCUT2D eigenvalue weighted by Gasteiger charge is 2.14. The molecule has 108 valence electrons. The summed E-state index contributed by atoms with van der Waals surface area (Å²) >= 11 is 0. The first kappa shape index (κ1) is 14.4. The largest absolute Gasteiger partial charge is 0.322 e. The minimum absolute atomic E-state index is 0.122. The zero-order valence-electron chi connectivity index (χ0n) is 11.3. The lowest BCUT2D eigenvalue weighted by Crippen LogP contribution is -2.26. The van der Waals surface area contributed by atoms with Crippen LogP contribution in [0.25, 0.3) is 0 Å². The molecule has 0 radical (unpaired) electrons. The highest BCUT2D eigenvalue weighted by molar-refractivity contribution is 5.75. The van der Waals surface area contributed by atoms with E-state index in [0.29, 0.717) is 25.4 Å². The van der Waals surface area contributed by atoms with Crippen LogP contribution in [0.1, 0.15) is 12.0 Å². The molecule has 0 fully saturated rings. The molecule has 2 rings (SSSR count). The topological polar surface area (TPSA) is 77.2 Å². The Morgan fingerprint density at radius 2 is 2.30 bits per heavy atom. The van der Waals surface area contributed by atoms with Gasteiger partial charge in [-0.3, -0.25) is 20.0 Å².